The van der Waals surface area contributed by atoms with Gasteiger partial charge in [0.25, 0.3) is 0 Å². The molecule has 1 aliphatic carbocycles. The summed E-state index contributed by atoms with van der Waals surface area (Å²) in [5.41, 5.74) is 10.6. The van der Waals surface area contributed by atoms with Crippen molar-refractivity contribution in [3.05, 3.63) is 41.1 Å². The predicted molar refractivity (Wildman–Crippen MR) is 85.6 cm³/mol. The van der Waals surface area contributed by atoms with Crippen molar-refractivity contribution >= 4 is 11.5 Å². The number of anilines is 2. The fourth-order valence-electron chi connectivity index (χ4n) is 3.33. The molecule has 2 aromatic rings. The Labute approximate surface area is 125 Å². The largest absolute Gasteiger partial charge is 0.399 e. The number of aryl methyl sites for hydroxylation is 1. The van der Waals surface area contributed by atoms with Crippen LogP contribution >= 0.6 is 0 Å². The molecule has 4 heteroatoms. The predicted octanol–water partition coefficient (Wildman–Crippen LogP) is 3.30. The molecular weight excluding hydrogens is 260 g/mol. The van der Waals surface area contributed by atoms with Crippen LogP contribution in [0.4, 0.5) is 11.5 Å². The van der Waals surface area contributed by atoms with Crippen LogP contribution in [0.5, 0.6) is 0 Å². The normalized spacial score (nSPS) is 27.0. The van der Waals surface area contributed by atoms with Crippen LogP contribution in [0.25, 0.3) is 0 Å². The fraction of sp³-hybridized carbons (Fsp3) is 0.471. The van der Waals surface area contributed by atoms with Crippen molar-refractivity contribution < 1.29 is 0 Å². The van der Waals surface area contributed by atoms with E-state index in [1.165, 1.54) is 17.7 Å². The average Bonchev–Trinajstić information content (AvgIpc) is 3.04. The number of nitrogens with two attached hydrogens (primary N) is 1. The maximum absolute atomic E-state index is 6.08. The van der Waals surface area contributed by atoms with Gasteiger partial charge in [-0.1, -0.05) is 19.1 Å². The number of fused-ring (bicyclic) bond motifs is 1. The van der Waals surface area contributed by atoms with Gasteiger partial charge in [0.2, 0.25) is 0 Å². The molecule has 0 bridgehead atoms. The smallest absolute Gasteiger partial charge is 0.125 e. The average molecular weight is 282 g/mol. The van der Waals surface area contributed by atoms with Gasteiger partial charge in [-0.2, -0.15) is 5.10 Å². The summed E-state index contributed by atoms with van der Waals surface area (Å²) in [4.78, 5) is 0. The summed E-state index contributed by atoms with van der Waals surface area (Å²) >= 11 is 0. The lowest BCUT2D eigenvalue weighted by Gasteiger charge is -2.26. The van der Waals surface area contributed by atoms with Gasteiger partial charge >= 0.3 is 0 Å². The minimum atomic E-state index is 0.298. The number of benzene rings is 1. The van der Waals surface area contributed by atoms with Gasteiger partial charge in [0.15, 0.2) is 0 Å². The van der Waals surface area contributed by atoms with Crippen LogP contribution in [0.1, 0.15) is 48.5 Å². The molecule has 3 N–H and O–H groups in total. The Balaban J connectivity index is 1.72. The maximum Gasteiger partial charge on any atom is 0.125 e. The zero-order valence-corrected chi connectivity index (χ0v) is 12.6. The van der Waals surface area contributed by atoms with Crippen LogP contribution in [0.3, 0.4) is 0 Å². The van der Waals surface area contributed by atoms with E-state index in [0.717, 1.165) is 36.0 Å². The third kappa shape index (κ3) is 2.09. The molecule has 4 rings (SSSR count). The van der Waals surface area contributed by atoms with E-state index in [9.17, 15) is 0 Å². The van der Waals surface area contributed by atoms with Crippen LogP contribution in [0.2, 0.25) is 0 Å². The standard InChI is InChI=1S/C17H22N4/c1-10-3-4-12(8-14(10)18)16-5-6-19-17-9-15(20-21(16)17)13-7-11(13)2/h3-4,8-9,11,13,16,19H,5-7,18H2,1-2H3. The van der Waals surface area contributed by atoms with Crippen LogP contribution in [0, 0.1) is 12.8 Å². The molecule has 0 radical (unpaired) electrons. The molecule has 0 spiro atoms. The summed E-state index contributed by atoms with van der Waals surface area (Å²) < 4.78 is 2.16. The third-order valence-corrected chi connectivity index (χ3v) is 4.95. The highest BCUT2D eigenvalue weighted by molar-refractivity contribution is 5.50. The van der Waals surface area contributed by atoms with Gasteiger partial charge in [0.05, 0.1) is 11.7 Å². The Morgan fingerprint density at radius 1 is 1.33 bits per heavy atom. The number of hydrogen-bond acceptors (Lipinski definition) is 3. The second kappa shape index (κ2) is 4.52. The van der Waals surface area contributed by atoms with Gasteiger partial charge in [-0.3, -0.25) is 0 Å². The molecule has 1 fully saturated rings. The summed E-state index contributed by atoms with van der Waals surface area (Å²) in [6, 6.07) is 8.94. The van der Waals surface area contributed by atoms with Gasteiger partial charge in [0, 0.05) is 24.2 Å². The number of hydrogen-bond donors (Lipinski definition) is 2. The molecule has 3 atom stereocenters. The van der Waals surface area contributed by atoms with Gasteiger partial charge in [-0.25, -0.2) is 4.68 Å². The van der Waals surface area contributed by atoms with E-state index in [-0.39, 0.29) is 0 Å². The molecule has 3 unspecified atom stereocenters. The fourth-order valence-corrected chi connectivity index (χ4v) is 3.33. The number of nitrogen functional groups attached to an aromatic ring is 1. The minimum Gasteiger partial charge on any atom is -0.399 e. The van der Waals surface area contributed by atoms with Crippen molar-refractivity contribution in [2.75, 3.05) is 17.6 Å². The molecule has 4 nitrogen and oxygen atoms in total. The molecule has 1 aromatic heterocycles. The number of aromatic nitrogens is 2. The Bertz CT molecular complexity index is 688. The van der Waals surface area contributed by atoms with Crippen LogP contribution in [0.15, 0.2) is 24.3 Å². The summed E-state index contributed by atoms with van der Waals surface area (Å²) in [5, 5.41) is 8.36. The van der Waals surface area contributed by atoms with E-state index in [4.69, 9.17) is 10.8 Å². The second-order valence-corrected chi connectivity index (χ2v) is 6.57. The van der Waals surface area contributed by atoms with Crippen molar-refractivity contribution in [1.82, 2.24) is 9.78 Å². The number of rotatable bonds is 2. The lowest BCUT2D eigenvalue weighted by atomic mass is 10.00. The lowest BCUT2D eigenvalue weighted by Crippen LogP contribution is -2.24. The molecule has 0 amide bonds. The van der Waals surface area contributed by atoms with Crippen molar-refractivity contribution in [3.63, 3.8) is 0 Å². The first-order valence-electron chi connectivity index (χ1n) is 7.83. The molecule has 1 saturated carbocycles. The number of nitrogens with zero attached hydrogens (tertiary/aromatic N) is 2. The summed E-state index contributed by atoms with van der Waals surface area (Å²) in [7, 11) is 0. The van der Waals surface area contributed by atoms with E-state index < -0.39 is 0 Å². The van der Waals surface area contributed by atoms with Crippen molar-refractivity contribution in [1.29, 1.82) is 0 Å². The van der Waals surface area contributed by atoms with E-state index >= 15 is 0 Å². The van der Waals surface area contributed by atoms with Crippen LogP contribution in [-0.2, 0) is 0 Å². The van der Waals surface area contributed by atoms with Crippen LogP contribution < -0.4 is 11.1 Å². The highest BCUT2D eigenvalue weighted by Crippen LogP contribution is 2.47. The number of nitrogens with one attached hydrogen (secondary N) is 1. The topological polar surface area (TPSA) is 55.9 Å². The molecular formula is C17H22N4. The molecule has 1 aromatic carbocycles. The molecule has 2 heterocycles. The van der Waals surface area contributed by atoms with E-state index in [0.29, 0.717) is 12.0 Å². The quantitative estimate of drug-likeness (QED) is 0.831. The zero-order chi connectivity index (χ0) is 14.6. The van der Waals surface area contributed by atoms with E-state index in [2.05, 4.69) is 41.2 Å². The van der Waals surface area contributed by atoms with E-state index in [1.807, 2.05) is 6.92 Å². The molecule has 110 valence electrons. The van der Waals surface area contributed by atoms with Crippen molar-refractivity contribution in [3.8, 4) is 0 Å². The van der Waals surface area contributed by atoms with Gasteiger partial charge in [-0.15, -0.1) is 0 Å². The molecule has 1 aliphatic heterocycles. The highest BCUT2D eigenvalue weighted by atomic mass is 15.4. The Hall–Kier alpha value is -1.97. The maximum atomic E-state index is 6.08. The van der Waals surface area contributed by atoms with Crippen molar-refractivity contribution in [2.45, 2.75) is 38.6 Å². The first-order chi connectivity index (χ1) is 10.1. The van der Waals surface area contributed by atoms with Crippen LogP contribution in [-0.4, -0.2) is 16.3 Å². The summed E-state index contributed by atoms with van der Waals surface area (Å²) in [6.07, 6.45) is 2.33. The Morgan fingerprint density at radius 2 is 2.14 bits per heavy atom. The minimum absolute atomic E-state index is 0.298. The van der Waals surface area contributed by atoms with Gasteiger partial charge < -0.3 is 11.1 Å². The second-order valence-electron chi connectivity index (χ2n) is 6.57. The molecule has 0 saturated heterocycles. The van der Waals surface area contributed by atoms with Gasteiger partial charge in [0.1, 0.15) is 5.82 Å². The molecule has 2 aliphatic rings. The SMILES string of the molecule is Cc1ccc(C2CCNc3cc(C4CC4C)nn32)cc1N. The zero-order valence-electron chi connectivity index (χ0n) is 12.6. The summed E-state index contributed by atoms with van der Waals surface area (Å²) in [5.74, 6) is 2.60. The Kier molecular flexibility index (Phi) is 2.74. The highest BCUT2D eigenvalue weighted by Gasteiger charge is 2.37. The Morgan fingerprint density at radius 3 is 2.86 bits per heavy atom. The van der Waals surface area contributed by atoms with E-state index in [1.54, 1.807) is 0 Å². The monoisotopic (exact) mass is 282 g/mol. The summed E-state index contributed by atoms with van der Waals surface area (Å²) in [6.45, 7) is 5.34. The van der Waals surface area contributed by atoms with Crippen molar-refractivity contribution in [2.24, 2.45) is 5.92 Å². The van der Waals surface area contributed by atoms with Gasteiger partial charge in [-0.05, 0) is 42.9 Å². The third-order valence-electron chi connectivity index (χ3n) is 4.95. The first kappa shape index (κ1) is 12.7. The first-order valence-corrected chi connectivity index (χ1v) is 7.83. The lowest BCUT2D eigenvalue weighted by molar-refractivity contribution is 0.478. The molecule has 21 heavy (non-hydrogen) atoms.